The highest BCUT2D eigenvalue weighted by atomic mass is 16.5. The van der Waals surface area contributed by atoms with E-state index in [1.807, 2.05) is 0 Å². The molecule has 0 radical (unpaired) electrons. The lowest BCUT2D eigenvalue weighted by Crippen LogP contribution is -2.36. The molecule has 18 heavy (non-hydrogen) atoms. The van der Waals surface area contributed by atoms with E-state index in [0.29, 0.717) is 19.6 Å². The second-order valence-electron chi connectivity index (χ2n) is 4.05. The maximum absolute atomic E-state index is 11.3. The first-order valence-electron chi connectivity index (χ1n) is 6.26. The van der Waals surface area contributed by atoms with E-state index in [1.165, 1.54) is 7.11 Å². The fraction of sp³-hybridized carbons (Fsp3) is 0.833. The van der Waals surface area contributed by atoms with Gasteiger partial charge in [-0.2, -0.15) is 0 Å². The fourth-order valence-electron chi connectivity index (χ4n) is 1.43. The first-order valence-corrected chi connectivity index (χ1v) is 6.26. The average Bonchev–Trinajstić information content (AvgIpc) is 2.37. The second kappa shape index (κ2) is 9.85. The van der Waals surface area contributed by atoms with E-state index in [0.717, 1.165) is 12.8 Å². The van der Waals surface area contributed by atoms with Crippen molar-refractivity contribution in [1.29, 1.82) is 0 Å². The van der Waals surface area contributed by atoms with Gasteiger partial charge in [-0.1, -0.05) is 6.42 Å². The van der Waals surface area contributed by atoms with Crippen LogP contribution < -0.4 is 11.1 Å². The Bertz CT molecular complexity index is 258. The van der Waals surface area contributed by atoms with Crippen LogP contribution in [0.4, 0.5) is 0 Å². The number of nitrogens with two attached hydrogens (primary N) is 1. The second-order valence-corrected chi connectivity index (χ2v) is 4.05. The molecular weight excluding hydrogens is 236 g/mol. The molecule has 0 saturated heterocycles. The van der Waals surface area contributed by atoms with Gasteiger partial charge in [-0.25, -0.2) is 0 Å². The van der Waals surface area contributed by atoms with Crippen LogP contribution in [-0.4, -0.2) is 44.3 Å². The quantitative estimate of drug-likeness (QED) is 0.454. The van der Waals surface area contributed by atoms with Gasteiger partial charge in [0.15, 0.2) is 0 Å². The Hall–Kier alpha value is -1.14. The van der Waals surface area contributed by atoms with Gasteiger partial charge in [0.1, 0.15) is 12.1 Å². The molecule has 0 bridgehead atoms. The Balaban J connectivity index is 3.56. The summed E-state index contributed by atoms with van der Waals surface area (Å²) in [6, 6.07) is -0.864. The molecule has 0 aromatic heterocycles. The highest BCUT2D eigenvalue weighted by Crippen LogP contribution is 2.00. The van der Waals surface area contributed by atoms with Gasteiger partial charge in [0.2, 0.25) is 0 Å². The maximum Gasteiger partial charge on any atom is 0.322 e. The lowest BCUT2D eigenvalue weighted by atomic mass is 10.1. The number of carbonyl (C=O) groups excluding carboxylic acids is 2. The average molecular weight is 260 g/mol. The summed E-state index contributed by atoms with van der Waals surface area (Å²) in [5.41, 5.74) is 5.59. The number of nitrogens with one attached hydrogen (secondary N) is 1. The SMILES string of the molecule is CCOC(=O)C(C)NCCCC[C@H](N)C(=O)OC. The molecule has 0 rings (SSSR count). The number of ether oxygens (including phenoxy) is 2. The van der Waals surface area contributed by atoms with Crippen LogP contribution in [-0.2, 0) is 19.1 Å². The van der Waals surface area contributed by atoms with Crippen LogP contribution in [0.25, 0.3) is 0 Å². The molecule has 1 unspecified atom stereocenters. The third kappa shape index (κ3) is 7.24. The number of carbonyl (C=O) groups is 2. The zero-order valence-electron chi connectivity index (χ0n) is 11.4. The summed E-state index contributed by atoms with van der Waals surface area (Å²) in [5.74, 6) is -0.633. The van der Waals surface area contributed by atoms with E-state index < -0.39 is 6.04 Å². The van der Waals surface area contributed by atoms with Crippen molar-refractivity contribution < 1.29 is 19.1 Å². The van der Waals surface area contributed by atoms with Crippen molar-refractivity contribution in [3.63, 3.8) is 0 Å². The van der Waals surface area contributed by atoms with Crippen LogP contribution in [0.15, 0.2) is 0 Å². The predicted octanol–water partition coefficient (Wildman–Crippen LogP) is 0.198. The topological polar surface area (TPSA) is 90.6 Å². The Kier molecular flexibility index (Phi) is 9.22. The lowest BCUT2D eigenvalue weighted by molar-refractivity contribution is -0.145. The van der Waals surface area contributed by atoms with Crippen LogP contribution in [0.1, 0.15) is 33.1 Å². The van der Waals surface area contributed by atoms with E-state index in [-0.39, 0.29) is 18.0 Å². The fourth-order valence-corrected chi connectivity index (χ4v) is 1.43. The van der Waals surface area contributed by atoms with Crippen molar-refractivity contribution >= 4 is 11.9 Å². The van der Waals surface area contributed by atoms with Crippen LogP contribution in [0.2, 0.25) is 0 Å². The number of methoxy groups -OCH3 is 1. The molecule has 6 nitrogen and oxygen atoms in total. The number of unbranched alkanes of at least 4 members (excludes halogenated alkanes) is 1. The van der Waals surface area contributed by atoms with Crippen LogP contribution >= 0.6 is 0 Å². The third-order valence-corrected chi connectivity index (χ3v) is 2.54. The molecule has 0 aliphatic heterocycles. The highest BCUT2D eigenvalue weighted by molar-refractivity contribution is 5.75. The summed E-state index contributed by atoms with van der Waals surface area (Å²) in [6.07, 6.45) is 2.23. The van der Waals surface area contributed by atoms with E-state index >= 15 is 0 Å². The monoisotopic (exact) mass is 260 g/mol. The first kappa shape index (κ1) is 16.9. The van der Waals surface area contributed by atoms with Crippen LogP contribution in [0.5, 0.6) is 0 Å². The van der Waals surface area contributed by atoms with Crippen LogP contribution in [0.3, 0.4) is 0 Å². The molecule has 0 aliphatic carbocycles. The molecule has 6 heteroatoms. The van der Waals surface area contributed by atoms with Gasteiger partial charge in [-0.3, -0.25) is 9.59 Å². The van der Waals surface area contributed by atoms with E-state index in [4.69, 9.17) is 10.5 Å². The molecule has 0 aliphatic rings. The molecule has 0 aromatic carbocycles. The molecule has 0 heterocycles. The van der Waals surface area contributed by atoms with Crippen molar-refractivity contribution in [3.8, 4) is 0 Å². The molecule has 0 aromatic rings. The molecule has 0 saturated carbocycles. The van der Waals surface area contributed by atoms with Crippen LogP contribution in [0, 0.1) is 0 Å². The first-order chi connectivity index (χ1) is 8.52. The molecular formula is C12H24N2O4. The van der Waals surface area contributed by atoms with Crippen molar-refractivity contribution in [1.82, 2.24) is 5.32 Å². The molecule has 0 fully saturated rings. The number of hydrogen-bond donors (Lipinski definition) is 2. The number of hydrogen-bond acceptors (Lipinski definition) is 6. The smallest absolute Gasteiger partial charge is 0.322 e. The molecule has 0 amide bonds. The Morgan fingerprint density at radius 3 is 2.50 bits per heavy atom. The minimum absolute atomic E-state index is 0.247. The van der Waals surface area contributed by atoms with Gasteiger partial charge in [0.05, 0.1) is 13.7 Å². The van der Waals surface area contributed by atoms with Gasteiger partial charge >= 0.3 is 11.9 Å². The lowest BCUT2D eigenvalue weighted by Gasteiger charge is -2.13. The summed E-state index contributed by atoms with van der Waals surface area (Å²) in [4.78, 5) is 22.3. The zero-order valence-corrected chi connectivity index (χ0v) is 11.4. The van der Waals surface area contributed by atoms with Crippen molar-refractivity contribution in [2.24, 2.45) is 5.73 Å². The van der Waals surface area contributed by atoms with Crippen molar-refractivity contribution in [3.05, 3.63) is 0 Å². The molecule has 2 atom stereocenters. The van der Waals surface area contributed by atoms with Gasteiger partial charge in [-0.05, 0) is 33.2 Å². The largest absolute Gasteiger partial charge is 0.468 e. The van der Waals surface area contributed by atoms with Gasteiger partial charge in [0, 0.05) is 0 Å². The van der Waals surface area contributed by atoms with Gasteiger partial charge in [0.25, 0.3) is 0 Å². The summed E-state index contributed by atoms with van der Waals surface area (Å²) in [5, 5.41) is 3.05. The summed E-state index contributed by atoms with van der Waals surface area (Å²) in [6.45, 7) is 4.61. The Morgan fingerprint density at radius 2 is 1.94 bits per heavy atom. The summed E-state index contributed by atoms with van der Waals surface area (Å²) < 4.78 is 9.39. The van der Waals surface area contributed by atoms with E-state index in [1.54, 1.807) is 13.8 Å². The third-order valence-electron chi connectivity index (χ3n) is 2.54. The normalized spacial score (nSPS) is 13.8. The predicted molar refractivity (Wildman–Crippen MR) is 67.9 cm³/mol. The van der Waals surface area contributed by atoms with E-state index in [2.05, 4.69) is 10.1 Å². The Morgan fingerprint density at radius 1 is 1.28 bits per heavy atom. The molecule has 0 spiro atoms. The van der Waals surface area contributed by atoms with Crippen molar-refractivity contribution in [2.75, 3.05) is 20.3 Å². The molecule has 106 valence electrons. The maximum atomic E-state index is 11.3. The van der Waals surface area contributed by atoms with Crippen molar-refractivity contribution in [2.45, 2.75) is 45.2 Å². The Labute approximate surface area is 108 Å². The number of rotatable bonds is 9. The minimum Gasteiger partial charge on any atom is -0.468 e. The zero-order chi connectivity index (χ0) is 14.0. The van der Waals surface area contributed by atoms with E-state index in [9.17, 15) is 9.59 Å². The standard InChI is InChI=1S/C12H24N2O4/c1-4-18-11(15)9(2)14-8-6-5-7-10(13)12(16)17-3/h9-10,14H,4-8,13H2,1-3H3/t9?,10-/m0/s1. The van der Waals surface area contributed by atoms with Gasteiger partial charge < -0.3 is 20.5 Å². The highest BCUT2D eigenvalue weighted by Gasteiger charge is 2.14. The number of esters is 2. The minimum atomic E-state index is -0.558. The summed E-state index contributed by atoms with van der Waals surface area (Å²) >= 11 is 0. The summed E-state index contributed by atoms with van der Waals surface area (Å²) in [7, 11) is 1.32. The van der Waals surface area contributed by atoms with Gasteiger partial charge in [-0.15, -0.1) is 0 Å². The molecule has 3 N–H and O–H groups in total.